The van der Waals surface area contributed by atoms with Gasteiger partial charge < -0.3 is 9.53 Å². The minimum atomic E-state index is -2.03. The molecule has 1 aromatic rings. The lowest BCUT2D eigenvalue weighted by atomic mass is 10.0. The summed E-state index contributed by atoms with van der Waals surface area (Å²) in [6.07, 6.45) is 0. The molecule has 0 radical (unpaired) electrons. The zero-order valence-corrected chi connectivity index (χ0v) is 14.6. The molecule has 0 aliphatic rings. The molecule has 0 aromatic heterocycles. The molecule has 0 heterocycles. The average molecular weight is 294 g/mol. The molecule has 20 heavy (non-hydrogen) atoms. The monoisotopic (exact) mass is 294 g/mol. The standard InChI is InChI=1S/C16H26O3Si/c1-11(2)12-8-9-14(13(10-12)15(17)18)19-20(6,7)16(3,4)5/h8-11H,1-7H3,(H,17,18). The van der Waals surface area contributed by atoms with E-state index in [-0.39, 0.29) is 10.6 Å². The van der Waals surface area contributed by atoms with Gasteiger partial charge in [-0.2, -0.15) is 0 Å². The van der Waals surface area contributed by atoms with Gasteiger partial charge in [-0.25, -0.2) is 4.79 Å². The molecule has 0 bridgehead atoms. The highest BCUT2D eigenvalue weighted by Gasteiger charge is 2.39. The van der Waals surface area contributed by atoms with E-state index in [1.54, 1.807) is 12.1 Å². The van der Waals surface area contributed by atoms with Crippen LogP contribution in [0.15, 0.2) is 18.2 Å². The first kappa shape index (κ1) is 16.8. The average Bonchev–Trinajstić information content (AvgIpc) is 2.26. The lowest BCUT2D eigenvalue weighted by molar-refractivity contribution is 0.0694. The van der Waals surface area contributed by atoms with E-state index in [1.807, 2.05) is 6.07 Å². The van der Waals surface area contributed by atoms with Crippen molar-refractivity contribution in [2.45, 2.75) is 58.7 Å². The molecule has 0 unspecified atom stereocenters. The first-order valence-electron chi connectivity index (χ1n) is 7.02. The van der Waals surface area contributed by atoms with Crippen LogP contribution >= 0.6 is 0 Å². The highest BCUT2D eigenvalue weighted by Crippen LogP contribution is 2.38. The lowest BCUT2D eigenvalue weighted by Gasteiger charge is -2.36. The number of hydrogen-bond acceptors (Lipinski definition) is 2. The summed E-state index contributed by atoms with van der Waals surface area (Å²) in [5, 5.41) is 9.45. The predicted molar refractivity (Wildman–Crippen MR) is 85.3 cm³/mol. The van der Waals surface area contributed by atoms with E-state index in [2.05, 4.69) is 47.7 Å². The van der Waals surface area contributed by atoms with Crippen molar-refractivity contribution in [2.24, 2.45) is 0 Å². The molecule has 3 nitrogen and oxygen atoms in total. The highest BCUT2D eigenvalue weighted by atomic mass is 28.4. The van der Waals surface area contributed by atoms with Crippen LogP contribution in [0.4, 0.5) is 0 Å². The Hall–Kier alpha value is -1.29. The summed E-state index contributed by atoms with van der Waals surface area (Å²) in [7, 11) is -2.03. The maximum Gasteiger partial charge on any atom is 0.339 e. The molecule has 0 saturated carbocycles. The van der Waals surface area contributed by atoms with E-state index in [9.17, 15) is 9.90 Å². The molecule has 0 aliphatic carbocycles. The zero-order valence-electron chi connectivity index (χ0n) is 13.6. The molecule has 0 atom stereocenters. The molecular weight excluding hydrogens is 268 g/mol. The maximum absolute atomic E-state index is 11.5. The van der Waals surface area contributed by atoms with Gasteiger partial charge >= 0.3 is 5.97 Å². The quantitative estimate of drug-likeness (QED) is 0.804. The Morgan fingerprint density at radius 2 is 1.80 bits per heavy atom. The van der Waals surface area contributed by atoms with Gasteiger partial charge in [-0.1, -0.05) is 40.7 Å². The van der Waals surface area contributed by atoms with Crippen molar-refractivity contribution in [3.63, 3.8) is 0 Å². The number of carboxylic acids is 1. The molecule has 1 N–H and O–H groups in total. The van der Waals surface area contributed by atoms with Gasteiger partial charge in [0.05, 0.1) is 0 Å². The van der Waals surface area contributed by atoms with Crippen LogP contribution in [0.2, 0.25) is 18.1 Å². The van der Waals surface area contributed by atoms with Crippen molar-refractivity contribution in [3.05, 3.63) is 29.3 Å². The van der Waals surface area contributed by atoms with E-state index < -0.39 is 14.3 Å². The summed E-state index contributed by atoms with van der Waals surface area (Å²) >= 11 is 0. The molecular formula is C16H26O3Si. The molecule has 0 amide bonds. The smallest absolute Gasteiger partial charge is 0.339 e. The van der Waals surface area contributed by atoms with Crippen LogP contribution in [0.25, 0.3) is 0 Å². The number of carbonyl (C=O) groups is 1. The second-order valence-electron chi connectivity index (χ2n) is 7.08. The van der Waals surface area contributed by atoms with Gasteiger partial charge in [0, 0.05) is 0 Å². The molecule has 0 saturated heterocycles. The third-order valence-corrected chi connectivity index (χ3v) is 8.41. The van der Waals surface area contributed by atoms with Crippen molar-refractivity contribution >= 4 is 14.3 Å². The molecule has 0 aliphatic heterocycles. The normalized spacial score (nSPS) is 12.6. The summed E-state index contributed by atoms with van der Waals surface area (Å²) in [6, 6.07) is 5.49. The molecule has 4 heteroatoms. The van der Waals surface area contributed by atoms with Crippen molar-refractivity contribution in [2.75, 3.05) is 0 Å². The fourth-order valence-corrected chi connectivity index (χ4v) is 2.62. The second kappa shape index (κ2) is 5.60. The van der Waals surface area contributed by atoms with Gasteiger partial charge in [-0.3, -0.25) is 0 Å². The van der Waals surface area contributed by atoms with Gasteiger partial charge in [0.15, 0.2) is 0 Å². The Bertz CT molecular complexity index is 499. The number of aromatic carboxylic acids is 1. The minimum absolute atomic E-state index is 0.0412. The summed E-state index contributed by atoms with van der Waals surface area (Å²) in [5.41, 5.74) is 1.28. The Balaban J connectivity index is 3.23. The van der Waals surface area contributed by atoms with E-state index in [0.29, 0.717) is 11.7 Å². The number of carboxylic acid groups (broad SMARTS) is 1. The Morgan fingerprint density at radius 1 is 1.25 bits per heavy atom. The summed E-state index contributed by atoms with van der Waals surface area (Å²) in [5.74, 6) is -0.135. The van der Waals surface area contributed by atoms with Crippen LogP contribution in [-0.2, 0) is 0 Å². The van der Waals surface area contributed by atoms with Gasteiger partial charge in [0.1, 0.15) is 11.3 Å². The summed E-state index contributed by atoms with van der Waals surface area (Å²) < 4.78 is 6.15. The number of rotatable bonds is 4. The van der Waals surface area contributed by atoms with Crippen LogP contribution in [0.1, 0.15) is 56.5 Å². The van der Waals surface area contributed by atoms with Crippen molar-refractivity contribution in [3.8, 4) is 5.75 Å². The van der Waals surface area contributed by atoms with Crippen LogP contribution in [0, 0.1) is 0 Å². The van der Waals surface area contributed by atoms with Crippen LogP contribution in [0.5, 0.6) is 5.75 Å². The molecule has 1 aromatic carbocycles. The molecule has 0 spiro atoms. The van der Waals surface area contributed by atoms with Gasteiger partial charge in [0.2, 0.25) is 0 Å². The lowest BCUT2D eigenvalue weighted by Crippen LogP contribution is -2.44. The zero-order chi connectivity index (χ0) is 15.7. The van der Waals surface area contributed by atoms with Gasteiger partial charge in [0.25, 0.3) is 8.32 Å². The van der Waals surface area contributed by atoms with E-state index >= 15 is 0 Å². The van der Waals surface area contributed by atoms with Gasteiger partial charge in [-0.05, 0) is 41.7 Å². The summed E-state index contributed by atoms with van der Waals surface area (Å²) in [6.45, 7) is 14.8. The Labute approximate surface area is 123 Å². The van der Waals surface area contributed by atoms with Crippen LogP contribution in [0.3, 0.4) is 0 Å². The van der Waals surface area contributed by atoms with E-state index in [4.69, 9.17) is 4.43 Å². The third kappa shape index (κ3) is 3.63. The van der Waals surface area contributed by atoms with Crippen LogP contribution in [-0.4, -0.2) is 19.4 Å². The summed E-state index contributed by atoms with van der Waals surface area (Å²) in [4.78, 5) is 11.5. The highest BCUT2D eigenvalue weighted by molar-refractivity contribution is 6.74. The Kier molecular flexibility index (Phi) is 4.69. The van der Waals surface area contributed by atoms with Crippen molar-refractivity contribution in [1.29, 1.82) is 0 Å². The van der Waals surface area contributed by atoms with Gasteiger partial charge in [-0.15, -0.1) is 0 Å². The largest absolute Gasteiger partial charge is 0.543 e. The van der Waals surface area contributed by atoms with E-state index in [1.165, 1.54) is 0 Å². The predicted octanol–water partition coefficient (Wildman–Crippen LogP) is 4.89. The van der Waals surface area contributed by atoms with Crippen molar-refractivity contribution < 1.29 is 14.3 Å². The fourth-order valence-electron chi connectivity index (χ4n) is 1.59. The first-order chi connectivity index (χ1) is 8.95. The van der Waals surface area contributed by atoms with Crippen molar-refractivity contribution in [1.82, 2.24) is 0 Å². The fraction of sp³-hybridized carbons (Fsp3) is 0.562. The minimum Gasteiger partial charge on any atom is -0.543 e. The maximum atomic E-state index is 11.5. The molecule has 112 valence electrons. The number of hydrogen-bond donors (Lipinski definition) is 1. The third-order valence-electron chi connectivity index (χ3n) is 4.07. The second-order valence-corrected chi connectivity index (χ2v) is 11.8. The number of benzene rings is 1. The molecule has 0 fully saturated rings. The van der Waals surface area contributed by atoms with E-state index in [0.717, 1.165) is 5.56 Å². The van der Waals surface area contributed by atoms with Crippen LogP contribution < -0.4 is 4.43 Å². The molecule has 1 rings (SSSR count). The SMILES string of the molecule is CC(C)c1ccc(O[Si](C)(C)C(C)(C)C)c(C(=O)O)c1. The Morgan fingerprint density at radius 3 is 2.20 bits per heavy atom. The first-order valence-corrected chi connectivity index (χ1v) is 9.93. The topological polar surface area (TPSA) is 46.5 Å².